The third kappa shape index (κ3) is 4.38. The number of aromatic hydroxyl groups is 1. The zero-order valence-electron chi connectivity index (χ0n) is 17.4. The van der Waals surface area contributed by atoms with E-state index in [9.17, 15) is 30.1 Å². The van der Waals surface area contributed by atoms with Gasteiger partial charge in [0, 0.05) is 24.1 Å². The lowest BCUT2D eigenvalue weighted by molar-refractivity contribution is -0.394. The van der Waals surface area contributed by atoms with Crippen LogP contribution in [0, 0.1) is 26.1 Å². The molecule has 0 aliphatic carbocycles. The highest BCUT2D eigenvalue weighted by molar-refractivity contribution is 5.98. The molecule has 0 fully saturated rings. The SMILES string of the molecule is COc1ccc2c(c1)c(N=NC(=O)c1cc([N+](=O)[O-])cc([N+](=O)[O-])c1)c(O)n2CC(C)C. The fraction of sp³-hybridized carbons (Fsp3) is 0.250. The number of benzene rings is 2. The molecular formula is C20H19N5O7. The van der Waals surface area contributed by atoms with E-state index >= 15 is 0 Å². The summed E-state index contributed by atoms with van der Waals surface area (Å²) >= 11 is 0. The van der Waals surface area contributed by atoms with Gasteiger partial charge in [-0.2, -0.15) is 0 Å². The number of rotatable bonds is 7. The van der Waals surface area contributed by atoms with Crippen LogP contribution in [0.15, 0.2) is 46.6 Å². The Labute approximate surface area is 181 Å². The lowest BCUT2D eigenvalue weighted by Crippen LogP contribution is -2.03. The molecular weight excluding hydrogens is 422 g/mol. The molecule has 0 unspecified atom stereocenters. The molecule has 1 amide bonds. The van der Waals surface area contributed by atoms with Crippen LogP contribution in [0.5, 0.6) is 11.6 Å². The molecule has 3 rings (SSSR count). The summed E-state index contributed by atoms with van der Waals surface area (Å²) in [5.41, 5.74) is -0.979. The summed E-state index contributed by atoms with van der Waals surface area (Å²) in [6, 6.07) is 7.57. The Morgan fingerprint density at radius 3 is 2.28 bits per heavy atom. The van der Waals surface area contributed by atoms with E-state index in [1.807, 2.05) is 13.8 Å². The number of azo groups is 1. The second kappa shape index (κ2) is 8.79. The fourth-order valence-corrected chi connectivity index (χ4v) is 3.16. The van der Waals surface area contributed by atoms with Crippen molar-refractivity contribution in [2.75, 3.05) is 7.11 Å². The molecule has 32 heavy (non-hydrogen) atoms. The van der Waals surface area contributed by atoms with Crippen LogP contribution in [0.2, 0.25) is 0 Å². The number of nitro benzene ring substituents is 2. The number of ether oxygens (including phenoxy) is 1. The molecule has 12 nitrogen and oxygen atoms in total. The Morgan fingerprint density at radius 2 is 1.75 bits per heavy atom. The third-order valence-electron chi connectivity index (χ3n) is 4.58. The van der Waals surface area contributed by atoms with E-state index in [1.165, 1.54) is 7.11 Å². The van der Waals surface area contributed by atoms with Crippen LogP contribution < -0.4 is 4.74 Å². The van der Waals surface area contributed by atoms with Gasteiger partial charge in [-0.15, -0.1) is 10.2 Å². The molecule has 0 saturated heterocycles. The summed E-state index contributed by atoms with van der Waals surface area (Å²) in [6.07, 6.45) is 0. The zero-order chi connectivity index (χ0) is 23.6. The van der Waals surface area contributed by atoms with Crippen molar-refractivity contribution in [3.63, 3.8) is 0 Å². The molecule has 1 N–H and O–H groups in total. The van der Waals surface area contributed by atoms with Crippen LogP contribution in [0.4, 0.5) is 17.1 Å². The molecule has 0 aliphatic heterocycles. The zero-order valence-corrected chi connectivity index (χ0v) is 17.4. The fourth-order valence-electron chi connectivity index (χ4n) is 3.16. The summed E-state index contributed by atoms with van der Waals surface area (Å²) < 4.78 is 6.84. The number of aromatic nitrogens is 1. The number of methoxy groups -OCH3 is 1. The highest BCUT2D eigenvalue weighted by Crippen LogP contribution is 2.41. The number of hydrogen-bond donors (Lipinski definition) is 1. The van der Waals surface area contributed by atoms with E-state index in [0.29, 0.717) is 23.2 Å². The number of fused-ring (bicyclic) bond motifs is 1. The summed E-state index contributed by atoms with van der Waals surface area (Å²) in [7, 11) is 1.48. The van der Waals surface area contributed by atoms with Gasteiger partial charge in [0.25, 0.3) is 17.3 Å². The number of non-ortho nitro benzene ring substituents is 2. The smallest absolute Gasteiger partial charge is 0.295 e. The minimum atomic E-state index is -1.04. The Balaban J connectivity index is 2.08. The van der Waals surface area contributed by atoms with E-state index < -0.39 is 27.1 Å². The van der Waals surface area contributed by atoms with Gasteiger partial charge >= 0.3 is 0 Å². The lowest BCUT2D eigenvalue weighted by atomic mass is 10.1. The molecule has 12 heteroatoms. The first-order chi connectivity index (χ1) is 15.1. The van der Waals surface area contributed by atoms with Gasteiger partial charge in [0.2, 0.25) is 5.88 Å². The number of nitrogens with zero attached hydrogens (tertiary/aromatic N) is 5. The van der Waals surface area contributed by atoms with Crippen molar-refractivity contribution in [2.45, 2.75) is 20.4 Å². The van der Waals surface area contributed by atoms with Crippen molar-refractivity contribution in [1.29, 1.82) is 0 Å². The first kappa shape index (κ1) is 22.3. The Morgan fingerprint density at radius 1 is 1.12 bits per heavy atom. The van der Waals surface area contributed by atoms with Crippen LogP contribution in [0.25, 0.3) is 10.9 Å². The molecule has 0 radical (unpaired) electrons. The summed E-state index contributed by atoms with van der Waals surface area (Å²) in [5.74, 6) is -0.570. The number of carbonyl (C=O) groups excluding carboxylic acids is 1. The summed E-state index contributed by atoms with van der Waals surface area (Å²) in [6.45, 7) is 4.40. The van der Waals surface area contributed by atoms with Crippen molar-refractivity contribution >= 4 is 33.9 Å². The average Bonchev–Trinajstić information content (AvgIpc) is 3.01. The lowest BCUT2D eigenvalue weighted by Gasteiger charge is -2.09. The monoisotopic (exact) mass is 441 g/mol. The largest absolute Gasteiger partial charge is 0.497 e. The third-order valence-corrected chi connectivity index (χ3v) is 4.58. The summed E-state index contributed by atoms with van der Waals surface area (Å²) in [5, 5.41) is 40.7. The molecule has 0 bridgehead atoms. The van der Waals surface area contributed by atoms with Crippen LogP contribution in [0.1, 0.15) is 24.2 Å². The molecule has 1 heterocycles. The van der Waals surface area contributed by atoms with Crippen molar-refractivity contribution in [3.05, 3.63) is 62.2 Å². The molecule has 0 saturated carbocycles. The van der Waals surface area contributed by atoms with Gasteiger partial charge in [-0.3, -0.25) is 25.0 Å². The van der Waals surface area contributed by atoms with Gasteiger partial charge in [-0.1, -0.05) is 13.8 Å². The van der Waals surface area contributed by atoms with E-state index in [4.69, 9.17) is 4.74 Å². The first-order valence-electron chi connectivity index (χ1n) is 9.41. The van der Waals surface area contributed by atoms with Crippen molar-refractivity contribution in [1.82, 2.24) is 4.57 Å². The van der Waals surface area contributed by atoms with Crippen LogP contribution >= 0.6 is 0 Å². The number of nitro groups is 2. The Hall–Kier alpha value is -4.35. The Kier molecular flexibility index (Phi) is 6.14. The second-order valence-corrected chi connectivity index (χ2v) is 7.32. The standard InChI is InChI=1S/C20H19N5O7/c1-11(2)10-23-17-5-4-15(32-3)9-16(17)18(20(23)27)21-22-19(26)12-6-13(24(28)29)8-14(7-12)25(30)31/h4-9,11,27H,10H2,1-3H3. The van der Waals surface area contributed by atoms with Gasteiger partial charge in [-0.05, 0) is 24.1 Å². The minimum Gasteiger partial charge on any atom is -0.497 e. The quantitative estimate of drug-likeness (QED) is 0.314. The van der Waals surface area contributed by atoms with Gasteiger partial charge < -0.3 is 14.4 Å². The number of amides is 1. The van der Waals surface area contributed by atoms with Crippen LogP contribution in [0.3, 0.4) is 0 Å². The topological polar surface area (TPSA) is 162 Å². The molecule has 0 aliphatic rings. The highest BCUT2D eigenvalue weighted by Gasteiger charge is 2.21. The average molecular weight is 441 g/mol. The molecule has 3 aromatic rings. The summed E-state index contributed by atoms with van der Waals surface area (Å²) in [4.78, 5) is 32.9. The van der Waals surface area contributed by atoms with Crippen molar-refractivity contribution < 1.29 is 24.5 Å². The van der Waals surface area contributed by atoms with Crippen molar-refractivity contribution in [2.24, 2.45) is 16.1 Å². The van der Waals surface area contributed by atoms with Gasteiger partial charge in [0.05, 0.1) is 34.1 Å². The van der Waals surface area contributed by atoms with Gasteiger partial charge in [0.1, 0.15) is 5.75 Å². The second-order valence-electron chi connectivity index (χ2n) is 7.32. The number of hydrogen-bond acceptors (Lipinski definition) is 8. The predicted octanol–water partition coefficient (Wildman–Crippen LogP) is 4.75. The van der Waals surface area contributed by atoms with Crippen LogP contribution in [-0.4, -0.2) is 32.5 Å². The van der Waals surface area contributed by atoms with E-state index in [2.05, 4.69) is 10.2 Å². The van der Waals surface area contributed by atoms with Crippen LogP contribution in [-0.2, 0) is 6.54 Å². The highest BCUT2D eigenvalue weighted by atomic mass is 16.6. The maximum atomic E-state index is 12.5. The normalized spacial score (nSPS) is 11.4. The Bertz CT molecular complexity index is 1230. The molecule has 1 aromatic heterocycles. The number of carbonyl (C=O) groups is 1. The molecule has 0 spiro atoms. The van der Waals surface area contributed by atoms with E-state index in [-0.39, 0.29) is 23.0 Å². The molecule has 2 aromatic carbocycles. The van der Waals surface area contributed by atoms with E-state index in [0.717, 1.165) is 18.2 Å². The predicted molar refractivity (Wildman–Crippen MR) is 114 cm³/mol. The van der Waals surface area contributed by atoms with Gasteiger partial charge in [0.15, 0.2) is 5.69 Å². The maximum Gasteiger partial charge on any atom is 0.295 e. The van der Waals surface area contributed by atoms with Gasteiger partial charge in [-0.25, -0.2) is 0 Å². The molecule has 0 atom stereocenters. The molecule has 166 valence electrons. The van der Waals surface area contributed by atoms with Crippen molar-refractivity contribution in [3.8, 4) is 11.6 Å². The first-order valence-corrected chi connectivity index (χ1v) is 9.41. The maximum absolute atomic E-state index is 12.5. The minimum absolute atomic E-state index is 0.00725. The van der Waals surface area contributed by atoms with E-state index in [1.54, 1.807) is 22.8 Å².